The summed E-state index contributed by atoms with van der Waals surface area (Å²) in [5.41, 5.74) is 0.882. The largest absolute Gasteiger partial charge is 0.482 e. The molecule has 0 radical (unpaired) electrons. The SMILES string of the molecule is C=CCc1cc(OCC(=O)OCC)ccc1C#CC1(O)CN2CCC1CC2. The molecular weight excluding hydrogens is 342 g/mol. The van der Waals surface area contributed by atoms with Gasteiger partial charge in [0.2, 0.25) is 0 Å². The number of hydrogen-bond donors (Lipinski definition) is 1. The van der Waals surface area contributed by atoms with Crippen molar-refractivity contribution in [1.82, 2.24) is 4.90 Å². The third kappa shape index (κ3) is 4.71. The van der Waals surface area contributed by atoms with Crippen LogP contribution in [0.15, 0.2) is 30.9 Å². The van der Waals surface area contributed by atoms with E-state index in [-0.39, 0.29) is 12.5 Å². The average molecular weight is 369 g/mol. The molecule has 1 atom stereocenters. The number of rotatable bonds is 6. The van der Waals surface area contributed by atoms with E-state index >= 15 is 0 Å². The lowest BCUT2D eigenvalue weighted by Gasteiger charge is -2.47. The highest BCUT2D eigenvalue weighted by Gasteiger charge is 2.44. The maximum absolute atomic E-state index is 11.5. The van der Waals surface area contributed by atoms with Crippen molar-refractivity contribution in [3.8, 4) is 17.6 Å². The standard InChI is InChI=1S/C22H27NO4/c1-3-5-18-14-20(27-15-21(24)26-4-2)7-6-17(18)8-11-22(25)16-23-12-9-19(22)10-13-23/h3,6-7,14,19,25H,1,4-5,9-10,12-13,15-16H2,2H3. The van der Waals surface area contributed by atoms with Crippen LogP contribution in [0.2, 0.25) is 0 Å². The third-order valence-corrected chi connectivity index (χ3v) is 5.24. The Labute approximate surface area is 161 Å². The maximum atomic E-state index is 11.5. The monoisotopic (exact) mass is 369 g/mol. The molecule has 5 heteroatoms. The van der Waals surface area contributed by atoms with Gasteiger partial charge < -0.3 is 14.6 Å². The highest BCUT2D eigenvalue weighted by Crippen LogP contribution is 2.35. The molecule has 0 aromatic heterocycles. The summed E-state index contributed by atoms with van der Waals surface area (Å²) in [5.74, 6) is 6.78. The van der Waals surface area contributed by atoms with Gasteiger partial charge in [0.05, 0.1) is 6.61 Å². The molecule has 1 unspecified atom stereocenters. The molecule has 3 saturated heterocycles. The number of benzene rings is 1. The molecule has 3 aliphatic rings. The van der Waals surface area contributed by atoms with Gasteiger partial charge in [0.15, 0.2) is 6.61 Å². The van der Waals surface area contributed by atoms with Crippen LogP contribution in [0.3, 0.4) is 0 Å². The second kappa shape index (κ2) is 8.60. The van der Waals surface area contributed by atoms with Gasteiger partial charge in [-0.15, -0.1) is 6.58 Å². The van der Waals surface area contributed by atoms with Gasteiger partial charge in [-0.2, -0.15) is 0 Å². The molecule has 1 N–H and O–H groups in total. The molecule has 3 heterocycles. The van der Waals surface area contributed by atoms with Gasteiger partial charge in [-0.3, -0.25) is 4.90 Å². The van der Waals surface area contributed by atoms with Crippen molar-refractivity contribution in [1.29, 1.82) is 0 Å². The summed E-state index contributed by atoms with van der Waals surface area (Å²) in [7, 11) is 0. The molecule has 2 bridgehead atoms. The first-order valence-corrected chi connectivity index (χ1v) is 9.54. The van der Waals surface area contributed by atoms with Crippen molar-refractivity contribution in [3.05, 3.63) is 42.0 Å². The summed E-state index contributed by atoms with van der Waals surface area (Å²) >= 11 is 0. The van der Waals surface area contributed by atoms with Crippen molar-refractivity contribution in [2.45, 2.75) is 31.8 Å². The highest BCUT2D eigenvalue weighted by atomic mass is 16.6. The van der Waals surface area contributed by atoms with E-state index in [1.54, 1.807) is 19.1 Å². The molecular formula is C22H27NO4. The van der Waals surface area contributed by atoms with Crippen LogP contribution >= 0.6 is 0 Å². The van der Waals surface area contributed by atoms with Gasteiger partial charge in [0.25, 0.3) is 0 Å². The van der Waals surface area contributed by atoms with E-state index in [1.165, 1.54) is 0 Å². The third-order valence-electron chi connectivity index (χ3n) is 5.24. The first-order chi connectivity index (χ1) is 13.0. The topological polar surface area (TPSA) is 59.0 Å². The zero-order chi connectivity index (χ0) is 19.3. The predicted octanol–water partition coefficient (Wildman–Crippen LogP) is 2.17. The van der Waals surface area contributed by atoms with Gasteiger partial charge in [-0.25, -0.2) is 4.79 Å². The average Bonchev–Trinajstić information content (AvgIpc) is 2.67. The van der Waals surface area contributed by atoms with Crippen LogP contribution in [0, 0.1) is 17.8 Å². The van der Waals surface area contributed by atoms with E-state index in [0.717, 1.165) is 37.1 Å². The minimum atomic E-state index is -0.930. The van der Waals surface area contributed by atoms with Crippen LogP contribution in [0.1, 0.15) is 30.9 Å². The molecule has 27 heavy (non-hydrogen) atoms. The lowest BCUT2D eigenvalue weighted by molar-refractivity contribution is -0.145. The Hall–Kier alpha value is -2.29. The van der Waals surface area contributed by atoms with Crippen LogP contribution < -0.4 is 4.74 Å². The highest BCUT2D eigenvalue weighted by molar-refractivity contribution is 5.71. The van der Waals surface area contributed by atoms with Crippen molar-refractivity contribution in [3.63, 3.8) is 0 Å². The summed E-state index contributed by atoms with van der Waals surface area (Å²) in [6, 6.07) is 5.53. The second-order valence-corrected chi connectivity index (χ2v) is 7.13. The number of hydrogen-bond acceptors (Lipinski definition) is 5. The Kier molecular flexibility index (Phi) is 6.20. The lowest BCUT2D eigenvalue weighted by atomic mass is 9.75. The van der Waals surface area contributed by atoms with Gasteiger partial charge in [-0.05, 0) is 63.0 Å². The van der Waals surface area contributed by atoms with Gasteiger partial charge in [-0.1, -0.05) is 17.9 Å². The van der Waals surface area contributed by atoms with Gasteiger partial charge >= 0.3 is 5.97 Å². The Morgan fingerprint density at radius 1 is 1.44 bits per heavy atom. The fourth-order valence-corrected chi connectivity index (χ4v) is 3.81. The first kappa shape index (κ1) is 19.5. The van der Waals surface area contributed by atoms with Crippen molar-refractivity contribution < 1.29 is 19.4 Å². The van der Waals surface area contributed by atoms with Crippen molar-refractivity contribution in [2.24, 2.45) is 5.92 Å². The number of carbonyl (C=O) groups is 1. The Morgan fingerprint density at radius 2 is 2.22 bits per heavy atom. The molecule has 3 aliphatic heterocycles. The predicted molar refractivity (Wildman–Crippen MR) is 103 cm³/mol. The van der Waals surface area contributed by atoms with Gasteiger partial charge in [0.1, 0.15) is 11.4 Å². The number of carbonyl (C=O) groups excluding carboxylic acids is 1. The van der Waals surface area contributed by atoms with E-state index in [9.17, 15) is 9.90 Å². The summed E-state index contributed by atoms with van der Waals surface area (Å²) < 4.78 is 10.4. The molecule has 144 valence electrons. The summed E-state index contributed by atoms with van der Waals surface area (Å²) in [4.78, 5) is 13.7. The molecule has 5 nitrogen and oxygen atoms in total. The summed E-state index contributed by atoms with van der Waals surface area (Å²) in [6.07, 6.45) is 4.45. The van der Waals surface area contributed by atoms with E-state index in [2.05, 4.69) is 23.3 Å². The number of piperidine rings is 3. The fourth-order valence-electron chi connectivity index (χ4n) is 3.81. The normalized spacial score (nSPS) is 26.0. The van der Waals surface area contributed by atoms with Crippen LogP contribution in [-0.4, -0.2) is 54.4 Å². The molecule has 4 rings (SSSR count). The molecule has 0 spiro atoms. The smallest absolute Gasteiger partial charge is 0.344 e. The zero-order valence-electron chi connectivity index (χ0n) is 15.9. The Bertz CT molecular complexity index is 755. The fraction of sp³-hybridized carbons (Fsp3) is 0.500. The van der Waals surface area contributed by atoms with E-state index in [1.807, 2.05) is 12.1 Å². The molecule has 0 aliphatic carbocycles. The van der Waals surface area contributed by atoms with E-state index in [4.69, 9.17) is 9.47 Å². The summed E-state index contributed by atoms with van der Waals surface area (Å²) in [6.45, 7) is 8.52. The number of allylic oxidation sites excluding steroid dienone is 1. The zero-order valence-corrected chi connectivity index (χ0v) is 15.9. The number of nitrogens with zero attached hydrogens (tertiary/aromatic N) is 1. The van der Waals surface area contributed by atoms with E-state index < -0.39 is 11.6 Å². The number of esters is 1. The summed E-state index contributed by atoms with van der Waals surface area (Å²) in [5, 5.41) is 11.0. The minimum Gasteiger partial charge on any atom is -0.482 e. The van der Waals surface area contributed by atoms with E-state index in [0.29, 0.717) is 25.3 Å². The van der Waals surface area contributed by atoms with Crippen LogP contribution in [0.4, 0.5) is 0 Å². The Morgan fingerprint density at radius 3 is 2.85 bits per heavy atom. The van der Waals surface area contributed by atoms with Crippen LogP contribution in [-0.2, 0) is 16.0 Å². The van der Waals surface area contributed by atoms with Crippen LogP contribution in [0.5, 0.6) is 5.75 Å². The van der Waals surface area contributed by atoms with Crippen molar-refractivity contribution >= 4 is 5.97 Å². The first-order valence-electron chi connectivity index (χ1n) is 9.54. The molecule has 1 aromatic rings. The molecule has 0 saturated carbocycles. The lowest BCUT2D eigenvalue weighted by Crippen LogP contribution is -2.58. The van der Waals surface area contributed by atoms with Gasteiger partial charge in [0, 0.05) is 18.0 Å². The van der Waals surface area contributed by atoms with Crippen molar-refractivity contribution in [2.75, 3.05) is 32.8 Å². The molecule has 1 aromatic carbocycles. The quantitative estimate of drug-likeness (QED) is 0.473. The minimum absolute atomic E-state index is 0.121. The number of fused-ring (bicyclic) bond motifs is 3. The Balaban J connectivity index is 1.75. The molecule has 3 fully saturated rings. The number of ether oxygens (including phenoxy) is 2. The number of aliphatic hydroxyl groups is 1. The van der Waals surface area contributed by atoms with Crippen LogP contribution in [0.25, 0.3) is 0 Å². The molecule has 0 amide bonds. The second-order valence-electron chi connectivity index (χ2n) is 7.13. The maximum Gasteiger partial charge on any atom is 0.344 e.